The highest BCUT2D eigenvalue weighted by Crippen LogP contribution is 2.21. The van der Waals surface area contributed by atoms with Crippen LogP contribution in [0.15, 0.2) is 28.9 Å². The van der Waals surface area contributed by atoms with Crippen LogP contribution in [0.25, 0.3) is 0 Å². The van der Waals surface area contributed by atoms with E-state index in [4.69, 9.17) is 0 Å². The van der Waals surface area contributed by atoms with Crippen molar-refractivity contribution in [2.45, 2.75) is 24.7 Å². The van der Waals surface area contributed by atoms with Crippen LogP contribution in [0.2, 0.25) is 0 Å². The number of nitrogens with zero attached hydrogens (tertiary/aromatic N) is 3. The van der Waals surface area contributed by atoms with Crippen molar-refractivity contribution in [1.82, 2.24) is 14.9 Å². The topological polar surface area (TPSA) is 29.0 Å². The molecule has 0 unspecified atom stereocenters. The Kier molecular flexibility index (Phi) is 3.63. The van der Waals surface area contributed by atoms with E-state index < -0.39 is 0 Å². The SMILES string of the molecule is CSc1ncc2c(n1)CCN(Cc1cccs1)C2. The molecule has 0 fully saturated rings. The zero-order valence-electron chi connectivity index (χ0n) is 10.3. The van der Waals surface area contributed by atoms with Crippen LogP contribution < -0.4 is 0 Å². The summed E-state index contributed by atoms with van der Waals surface area (Å²) in [6.07, 6.45) is 5.05. The summed E-state index contributed by atoms with van der Waals surface area (Å²) in [6, 6.07) is 4.32. The van der Waals surface area contributed by atoms with Crippen LogP contribution in [0.4, 0.5) is 0 Å². The van der Waals surface area contributed by atoms with E-state index in [1.165, 1.54) is 16.1 Å². The van der Waals surface area contributed by atoms with Crippen molar-refractivity contribution < 1.29 is 0 Å². The number of thiophene rings is 1. The predicted molar refractivity (Wildman–Crippen MR) is 76.0 cm³/mol. The van der Waals surface area contributed by atoms with Gasteiger partial charge in [0.2, 0.25) is 0 Å². The minimum absolute atomic E-state index is 0.889. The molecule has 3 nitrogen and oxygen atoms in total. The first-order valence-electron chi connectivity index (χ1n) is 5.98. The Hall–Kier alpha value is -0.910. The molecule has 3 rings (SSSR count). The van der Waals surface area contributed by atoms with Crippen molar-refractivity contribution in [3.05, 3.63) is 39.8 Å². The van der Waals surface area contributed by atoms with Crippen molar-refractivity contribution in [1.29, 1.82) is 0 Å². The predicted octanol–water partition coefficient (Wildman–Crippen LogP) is 2.82. The first-order chi connectivity index (χ1) is 8.85. The molecule has 0 saturated heterocycles. The minimum atomic E-state index is 0.889. The van der Waals surface area contributed by atoms with E-state index in [0.29, 0.717) is 0 Å². The lowest BCUT2D eigenvalue weighted by Crippen LogP contribution is -2.30. The fourth-order valence-corrected chi connectivity index (χ4v) is 3.32. The van der Waals surface area contributed by atoms with Gasteiger partial charge in [-0.2, -0.15) is 0 Å². The molecule has 94 valence electrons. The summed E-state index contributed by atoms with van der Waals surface area (Å²) in [5.41, 5.74) is 2.52. The molecular weight excluding hydrogens is 262 g/mol. The molecule has 0 aliphatic carbocycles. The van der Waals surface area contributed by atoms with Gasteiger partial charge < -0.3 is 0 Å². The molecule has 1 aliphatic heterocycles. The Balaban J connectivity index is 1.73. The lowest BCUT2D eigenvalue weighted by molar-refractivity contribution is 0.244. The molecule has 1 aliphatic rings. The van der Waals surface area contributed by atoms with Crippen LogP contribution in [0.3, 0.4) is 0 Å². The molecule has 0 radical (unpaired) electrons. The van der Waals surface area contributed by atoms with Gasteiger partial charge in [0, 0.05) is 42.7 Å². The van der Waals surface area contributed by atoms with Gasteiger partial charge in [0.25, 0.3) is 0 Å². The van der Waals surface area contributed by atoms with E-state index >= 15 is 0 Å². The van der Waals surface area contributed by atoms with Crippen LogP contribution >= 0.6 is 23.1 Å². The molecule has 5 heteroatoms. The first-order valence-corrected chi connectivity index (χ1v) is 8.09. The number of thioether (sulfide) groups is 1. The summed E-state index contributed by atoms with van der Waals surface area (Å²) in [5.74, 6) is 0. The molecule has 0 spiro atoms. The van der Waals surface area contributed by atoms with Gasteiger partial charge in [-0.15, -0.1) is 11.3 Å². The van der Waals surface area contributed by atoms with Crippen LogP contribution in [-0.2, 0) is 19.5 Å². The molecule has 18 heavy (non-hydrogen) atoms. The average Bonchev–Trinajstić information content (AvgIpc) is 2.91. The second-order valence-corrected chi connectivity index (χ2v) is 6.17. The van der Waals surface area contributed by atoms with Crippen LogP contribution in [0.1, 0.15) is 16.1 Å². The molecule has 0 amide bonds. The van der Waals surface area contributed by atoms with Crippen LogP contribution in [0.5, 0.6) is 0 Å². The maximum atomic E-state index is 4.59. The van der Waals surface area contributed by atoms with Gasteiger partial charge in [0.15, 0.2) is 5.16 Å². The maximum absolute atomic E-state index is 4.59. The Bertz CT molecular complexity index is 525. The highest BCUT2D eigenvalue weighted by atomic mass is 32.2. The van der Waals surface area contributed by atoms with Gasteiger partial charge in [-0.3, -0.25) is 4.90 Å². The monoisotopic (exact) mass is 277 g/mol. The smallest absolute Gasteiger partial charge is 0.187 e. The van der Waals surface area contributed by atoms with E-state index in [1.54, 1.807) is 11.8 Å². The quantitative estimate of drug-likeness (QED) is 0.637. The zero-order valence-corrected chi connectivity index (χ0v) is 11.9. The first kappa shape index (κ1) is 12.1. The number of hydrogen-bond donors (Lipinski definition) is 0. The molecule has 0 N–H and O–H groups in total. The fraction of sp³-hybridized carbons (Fsp3) is 0.385. The van der Waals surface area contributed by atoms with E-state index in [0.717, 1.165) is 31.2 Å². The summed E-state index contributed by atoms with van der Waals surface area (Å²) in [7, 11) is 0. The van der Waals surface area contributed by atoms with Crippen molar-refractivity contribution in [2.75, 3.05) is 12.8 Å². The Morgan fingerprint density at radius 3 is 3.22 bits per heavy atom. The normalized spacial score (nSPS) is 15.6. The Morgan fingerprint density at radius 1 is 1.50 bits per heavy atom. The summed E-state index contributed by atoms with van der Waals surface area (Å²) in [4.78, 5) is 12.9. The third-order valence-electron chi connectivity index (χ3n) is 3.13. The van der Waals surface area contributed by atoms with Gasteiger partial charge in [-0.1, -0.05) is 17.8 Å². The van der Waals surface area contributed by atoms with E-state index in [9.17, 15) is 0 Å². The summed E-state index contributed by atoms with van der Waals surface area (Å²) in [5, 5.41) is 3.03. The van der Waals surface area contributed by atoms with Gasteiger partial charge in [0.05, 0.1) is 5.69 Å². The van der Waals surface area contributed by atoms with Gasteiger partial charge >= 0.3 is 0 Å². The lowest BCUT2D eigenvalue weighted by atomic mass is 10.1. The molecule has 0 atom stereocenters. The van der Waals surface area contributed by atoms with Gasteiger partial charge in [-0.25, -0.2) is 9.97 Å². The third-order valence-corrected chi connectivity index (χ3v) is 4.56. The van der Waals surface area contributed by atoms with Gasteiger partial charge in [-0.05, 0) is 17.7 Å². The number of rotatable bonds is 3. The summed E-state index contributed by atoms with van der Waals surface area (Å²) >= 11 is 3.44. The Labute approximate surface area is 115 Å². The highest BCUT2D eigenvalue weighted by molar-refractivity contribution is 7.98. The molecule has 0 saturated carbocycles. The highest BCUT2D eigenvalue weighted by Gasteiger charge is 2.18. The van der Waals surface area contributed by atoms with Crippen LogP contribution in [0, 0.1) is 0 Å². The molecular formula is C13H15N3S2. The second kappa shape index (κ2) is 5.38. The van der Waals surface area contributed by atoms with Crippen molar-refractivity contribution in [3.8, 4) is 0 Å². The largest absolute Gasteiger partial charge is 0.294 e. The third kappa shape index (κ3) is 2.58. The van der Waals surface area contributed by atoms with Crippen molar-refractivity contribution >= 4 is 23.1 Å². The van der Waals surface area contributed by atoms with E-state index in [1.807, 2.05) is 23.8 Å². The lowest BCUT2D eigenvalue weighted by Gasteiger charge is -2.27. The van der Waals surface area contributed by atoms with E-state index in [-0.39, 0.29) is 0 Å². The van der Waals surface area contributed by atoms with Crippen molar-refractivity contribution in [2.24, 2.45) is 0 Å². The zero-order chi connectivity index (χ0) is 12.4. The number of fused-ring (bicyclic) bond motifs is 1. The molecule has 0 bridgehead atoms. The molecule has 2 aromatic rings. The standard InChI is InChI=1S/C13H15N3S2/c1-17-13-14-7-10-8-16(5-4-12(10)15-13)9-11-3-2-6-18-11/h2-3,6-7H,4-5,8-9H2,1H3. The number of aromatic nitrogens is 2. The second-order valence-electron chi connectivity index (χ2n) is 4.37. The van der Waals surface area contributed by atoms with E-state index in [2.05, 4.69) is 32.4 Å². The maximum Gasteiger partial charge on any atom is 0.187 e. The molecule has 3 heterocycles. The Morgan fingerprint density at radius 2 is 2.44 bits per heavy atom. The average molecular weight is 277 g/mol. The summed E-state index contributed by atoms with van der Waals surface area (Å²) < 4.78 is 0. The fourth-order valence-electron chi connectivity index (χ4n) is 2.21. The minimum Gasteiger partial charge on any atom is -0.294 e. The van der Waals surface area contributed by atoms with Crippen LogP contribution in [-0.4, -0.2) is 27.7 Å². The number of hydrogen-bond acceptors (Lipinski definition) is 5. The van der Waals surface area contributed by atoms with Crippen molar-refractivity contribution in [3.63, 3.8) is 0 Å². The molecule has 0 aromatic carbocycles. The van der Waals surface area contributed by atoms with Gasteiger partial charge in [0.1, 0.15) is 0 Å². The molecule has 2 aromatic heterocycles. The summed E-state index contributed by atoms with van der Waals surface area (Å²) in [6.45, 7) is 3.11.